The topological polar surface area (TPSA) is 62.9 Å². The number of benzene rings is 3. The van der Waals surface area contributed by atoms with E-state index in [1.165, 1.54) is 22.3 Å². The third-order valence-corrected chi connectivity index (χ3v) is 9.99. The molecule has 0 unspecified atom stereocenters. The molecule has 0 bridgehead atoms. The molecule has 2 aromatic heterocycles. The molecule has 0 atom stereocenters. The summed E-state index contributed by atoms with van der Waals surface area (Å²) in [4.78, 5) is 26.1. The maximum absolute atomic E-state index is 5.25. The summed E-state index contributed by atoms with van der Waals surface area (Å²) in [5.41, 5.74) is 16.3. The van der Waals surface area contributed by atoms with Crippen LogP contribution in [-0.2, 0) is 0 Å². The van der Waals surface area contributed by atoms with Gasteiger partial charge < -0.3 is 0 Å². The molecule has 3 aromatic carbocycles. The molecule has 0 fully saturated rings. The molecule has 1 aliphatic rings. The summed E-state index contributed by atoms with van der Waals surface area (Å²) in [6, 6.07) is 33.8. The number of allylic oxidation sites excluding steroid dienone is 1. The van der Waals surface area contributed by atoms with Gasteiger partial charge in [-0.15, -0.1) is 0 Å². The van der Waals surface area contributed by atoms with Crippen LogP contribution < -0.4 is 0 Å². The van der Waals surface area contributed by atoms with Crippen LogP contribution in [0.3, 0.4) is 0 Å². The highest BCUT2D eigenvalue weighted by Crippen LogP contribution is 2.37. The molecule has 5 heteroatoms. The van der Waals surface area contributed by atoms with Gasteiger partial charge in [0.1, 0.15) is 0 Å². The second kappa shape index (κ2) is 16.2. The number of hydrogen-bond acceptors (Lipinski definition) is 5. The van der Waals surface area contributed by atoms with E-state index < -0.39 is 0 Å². The predicted molar refractivity (Wildman–Crippen MR) is 227 cm³/mol. The van der Waals surface area contributed by atoms with Crippen molar-refractivity contribution in [2.45, 2.75) is 99.3 Å². The lowest BCUT2D eigenvalue weighted by Crippen LogP contribution is -2.09. The van der Waals surface area contributed by atoms with Crippen molar-refractivity contribution in [2.75, 3.05) is 0 Å². The van der Waals surface area contributed by atoms with E-state index in [1.807, 2.05) is 12.1 Å². The molecule has 0 saturated carbocycles. The Labute approximate surface area is 316 Å². The zero-order valence-corrected chi connectivity index (χ0v) is 33.1. The van der Waals surface area contributed by atoms with Crippen LogP contribution in [-0.4, -0.2) is 27.1 Å². The first-order chi connectivity index (χ1) is 25.4. The van der Waals surface area contributed by atoms with Crippen molar-refractivity contribution < 1.29 is 0 Å². The number of hydrogen-bond donors (Lipinski definition) is 0. The molecule has 53 heavy (non-hydrogen) atoms. The smallest absolute Gasteiger partial charge is 0.0856 e. The first-order valence-corrected chi connectivity index (χ1v) is 19.1. The van der Waals surface area contributed by atoms with Gasteiger partial charge in [-0.1, -0.05) is 122 Å². The van der Waals surface area contributed by atoms with Gasteiger partial charge in [-0.05, 0) is 102 Å². The Balaban J connectivity index is 1.39. The summed E-state index contributed by atoms with van der Waals surface area (Å²) in [5, 5.41) is 0. The molecular formula is C48H53N5. The van der Waals surface area contributed by atoms with Crippen LogP contribution in [0.25, 0.3) is 11.6 Å². The molecule has 0 N–H and O–H groups in total. The zero-order valence-electron chi connectivity index (χ0n) is 33.1. The summed E-state index contributed by atoms with van der Waals surface area (Å²) in [6.07, 6.45) is 2.80. The summed E-state index contributed by atoms with van der Waals surface area (Å²) < 4.78 is 0. The maximum atomic E-state index is 5.25. The third-order valence-electron chi connectivity index (χ3n) is 9.99. The predicted octanol–water partition coefficient (Wildman–Crippen LogP) is 13.3. The van der Waals surface area contributed by atoms with E-state index in [2.05, 4.69) is 160 Å². The van der Waals surface area contributed by atoms with E-state index >= 15 is 0 Å². The maximum Gasteiger partial charge on any atom is 0.0856 e. The van der Waals surface area contributed by atoms with Crippen LogP contribution >= 0.6 is 0 Å². The van der Waals surface area contributed by atoms with E-state index in [0.717, 1.165) is 68.1 Å². The van der Waals surface area contributed by atoms with Crippen molar-refractivity contribution in [1.82, 2.24) is 9.97 Å². The Morgan fingerprint density at radius 3 is 1.43 bits per heavy atom. The monoisotopic (exact) mass is 699 g/mol. The highest BCUT2D eigenvalue weighted by Gasteiger charge is 2.20. The van der Waals surface area contributed by atoms with Gasteiger partial charge in [0.25, 0.3) is 0 Å². The number of aliphatic imine (C=N–C) groups is 3. The minimum Gasteiger partial charge on any atom is -0.251 e. The zero-order chi connectivity index (χ0) is 37.8. The Hall–Kier alpha value is -5.29. The number of nitrogens with zero attached hydrogens (tertiary/aromatic N) is 5. The minimum atomic E-state index is 0.362. The molecular weight excluding hydrogens is 647 g/mol. The fraction of sp³-hybridized carbons (Fsp3) is 0.312. The molecule has 1 aliphatic heterocycles. The van der Waals surface area contributed by atoms with Gasteiger partial charge >= 0.3 is 0 Å². The van der Waals surface area contributed by atoms with E-state index in [9.17, 15) is 0 Å². The first-order valence-electron chi connectivity index (χ1n) is 19.1. The standard InChI is InChI=1S/C48H53N5/c1-29(2)37-18-13-19-38(30(3)4)47(37)49-33(9)41-23-15-25-44(51-41)36-27-35-17-11-12-22-43(35)53-46(28-36)45-26-16-24-42(52-45)34(10)50-48-39(31(5)6)20-14-21-40(48)32(7)8/h11-27,29-32H,28H2,1-10H3. The van der Waals surface area contributed by atoms with E-state index in [4.69, 9.17) is 24.9 Å². The van der Waals surface area contributed by atoms with E-state index in [-0.39, 0.29) is 0 Å². The quantitative estimate of drug-likeness (QED) is 0.136. The van der Waals surface area contributed by atoms with Crippen molar-refractivity contribution in [2.24, 2.45) is 15.0 Å². The third kappa shape index (κ3) is 8.36. The lowest BCUT2D eigenvalue weighted by molar-refractivity contribution is 0.834. The number of pyridine rings is 2. The van der Waals surface area contributed by atoms with Crippen LogP contribution in [0.4, 0.5) is 17.1 Å². The van der Waals surface area contributed by atoms with Gasteiger partial charge in [0, 0.05) is 12.0 Å². The van der Waals surface area contributed by atoms with E-state index in [0.29, 0.717) is 30.1 Å². The number of rotatable bonds is 10. The van der Waals surface area contributed by atoms with Crippen molar-refractivity contribution in [1.29, 1.82) is 0 Å². The van der Waals surface area contributed by atoms with Crippen molar-refractivity contribution >= 4 is 45.8 Å². The minimum absolute atomic E-state index is 0.362. The largest absolute Gasteiger partial charge is 0.251 e. The molecule has 5 nitrogen and oxygen atoms in total. The average Bonchev–Trinajstić information content (AvgIpc) is 3.35. The summed E-state index contributed by atoms with van der Waals surface area (Å²) in [7, 11) is 0. The number of fused-ring (bicyclic) bond motifs is 1. The SMILES string of the molecule is CC(=Nc1c(C(C)C)cccc1C(C)C)c1cccc(C2=Cc3ccccc3N=C(c3cccc(C(C)=Nc4c(C(C)C)cccc4C(C)C)n3)C2)n1. The molecule has 5 aromatic rings. The van der Waals surface area contributed by atoms with Gasteiger partial charge in [0.15, 0.2) is 0 Å². The number of para-hydroxylation sites is 3. The molecule has 0 saturated heterocycles. The molecule has 6 rings (SSSR count). The molecule has 3 heterocycles. The molecule has 0 spiro atoms. The Morgan fingerprint density at radius 1 is 0.509 bits per heavy atom. The second-order valence-electron chi connectivity index (χ2n) is 15.4. The van der Waals surface area contributed by atoms with Crippen LogP contribution in [0, 0.1) is 0 Å². The van der Waals surface area contributed by atoms with Crippen molar-refractivity contribution in [3.63, 3.8) is 0 Å². The fourth-order valence-electron chi connectivity index (χ4n) is 6.97. The Kier molecular flexibility index (Phi) is 11.4. The summed E-state index contributed by atoms with van der Waals surface area (Å²) in [6.45, 7) is 22.0. The van der Waals surface area contributed by atoms with Gasteiger partial charge in [-0.25, -0.2) is 9.97 Å². The Morgan fingerprint density at radius 2 is 0.943 bits per heavy atom. The van der Waals surface area contributed by atoms with E-state index in [1.54, 1.807) is 0 Å². The van der Waals surface area contributed by atoms with Gasteiger partial charge in [0.05, 0.1) is 57.0 Å². The normalized spacial score (nSPS) is 13.8. The van der Waals surface area contributed by atoms with Crippen LogP contribution in [0.2, 0.25) is 0 Å². The van der Waals surface area contributed by atoms with Crippen LogP contribution in [0.5, 0.6) is 0 Å². The van der Waals surface area contributed by atoms with Crippen molar-refractivity contribution in [3.8, 4) is 0 Å². The first kappa shape index (κ1) is 37.5. The van der Waals surface area contributed by atoms with Crippen LogP contribution in [0.15, 0.2) is 112 Å². The lowest BCUT2D eigenvalue weighted by Gasteiger charge is -2.17. The highest BCUT2D eigenvalue weighted by atomic mass is 14.9. The Bertz CT molecular complexity index is 2040. The van der Waals surface area contributed by atoms with Crippen molar-refractivity contribution in [3.05, 3.63) is 148 Å². The van der Waals surface area contributed by atoms with Gasteiger partial charge in [-0.3, -0.25) is 15.0 Å². The second-order valence-corrected chi connectivity index (χ2v) is 15.4. The van der Waals surface area contributed by atoms with Gasteiger partial charge in [-0.2, -0.15) is 0 Å². The van der Waals surface area contributed by atoms with Gasteiger partial charge in [0.2, 0.25) is 0 Å². The van der Waals surface area contributed by atoms with Crippen LogP contribution in [0.1, 0.15) is 150 Å². The highest BCUT2D eigenvalue weighted by molar-refractivity contribution is 6.11. The molecule has 0 aliphatic carbocycles. The number of aromatic nitrogens is 2. The average molecular weight is 700 g/mol. The molecule has 0 amide bonds. The summed E-state index contributed by atoms with van der Waals surface area (Å²) in [5.74, 6) is 1.45. The molecule has 0 radical (unpaired) electrons. The fourth-order valence-corrected chi connectivity index (χ4v) is 6.97. The summed E-state index contributed by atoms with van der Waals surface area (Å²) >= 11 is 0. The lowest BCUT2D eigenvalue weighted by atomic mass is 9.93. The molecule has 270 valence electrons.